The van der Waals surface area contributed by atoms with Crippen LogP contribution in [0, 0.1) is 6.92 Å². The minimum Gasteiger partial charge on any atom is -0.497 e. The van der Waals surface area contributed by atoms with E-state index >= 15 is 0 Å². The number of carbonyl (C=O) groups excluding carboxylic acids is 1. The molecule has 31 heavy (non-hydrogen) atoms. The number of nitrogens with one attached hydrogen (secondary N) is 1. The summed E-state index contributed by atoms with van der Waals surface area (Å²) in [4.78, 5) is 22.2. The van der Waals surface area contributed by atoms with E-state index in [4.69, 9.17) is 4.74 Å². The van der Waals surface area contributed by atoms with Crippen molar-refractivity contribution < 1.29 is 9.53 Å². The normalized spacial score (nSPS) is 15.2. The summed E-state index contributed by atoms with van der Waals surface area (Å²) in [5.41, 5.74) is 3.56. The van der Waals surface area contributed by atoms with E-state index in [1.807, 2.05) is 31.2 Å². The number of nitrogens with zero attached hydrogens (tertiary/aromatic N) is 3. The van der Waals surface area contributed by atoms with E-state index in [-0.39, 0.29) is 5.91 Å². The fourth-order valence-corrected chi connectivity index (χ4v) is 4.04. The molecule has 0 atom stereocenters. The molecule has 1 amide bonds. The van der Waals surface area contributed by atoms with Gasteiger partial charge in [0.05, 0.1) is 23.9 Å². The predicted octanol–water partition coefficient (Wildman–Crippen LogP) is 3.10. The van der Waals surface area contributed by atoms with Crippen molar-refractivity contribution in [1.82, 2.24) is 20.1 Å². The number of benzene rings is 2. The van der Waals surface area contributed by atoms with E-state index in [9.17, 15) is 4.79 Å². The first kappa shape index (κ1) is 21.3. The fraction of sp³-hybridized carbons (Fsp3) is 0.360. The maximum Gasteiger partial charge on any atom is 0.253 e. The Hall–Kier alpha value is -2.96. The third-order valence-corrected chi connectivity index (χ3v) is 5.89. The molecule has 1 aliphatic heterocycles. The number of aromatic nitrogens is 1. The average molecular weight is 419 g/mol. The summed E-state index contributed by atoms with van der Waals surface area (Å²) in [5.74, 6) is 0.700. The van der Waals surface area contributed by atoms with Gasteiger partial charge in [-0.25, -0.2) is 0 Å². The molecule has 6 nitrogen and oxygen atoms in total. The van der Waals surface area contributed by atoms with Crippen LogP contribution in [0.15, 0.2) is 54.6 Å². The van der Waals surface area contributed by atoms with Crippen LogP contribution >= 0.6 is 0 Å². The first-order valence-electron chi connectivity index (χ1n) is 10.8. The molecule has 0 radical (unpaired) electrons. The van der Waals surface area contributed by atoms with Gasteiger partial charge in [0.25, 0.3) is 5.91 Å². The van der Waals surface area contributed by atoms with Crippen LogP contribution in [0.2, 0.25) is 0 Å². The summed E-state index contributed by atoms with van der Waals surface area (Å²) in [6.07, 6.45) is 0. The molecule has 2 aromatic carbocycles. The lowest BCUT2D eigenvalue weighted by molar-refractivity contribution is 0.0933. The van der Waals surface area contributed by atoms with Crippen LogP contribution < -0.4 is 10.1 Å². The number of ether oxygens (including phenoxy) is 1. The maximum absolute atomic E-state index is 12.7. The summed E-state index contributed by atoms with van der Waals surface area (Å²) >= 11 is 0. The number of hydrogen-bond acceptors (Lipinski definition) is 5. The molecular formula is C25H30N4O2. The van der Waals surface area contributed by atoms with Crippen molar-refractivity contribution in [1.29, 1.82) is 0 Å². The highest BCUT2D eigenvalue weighted by Gasteiger charge is 2.17. The fourth-order valence-electron chi connectivity index (χ4n) is 4.04. The van der Waals surface area contributed by atoms with E-state index in [0.717, 1.165) is 61.6 Å². The Bertz CT molecular complexity index is 1030. The van der Waals surface area contributed by atoms with Gasteiger partial charge in [0.15, 0.2) is 0 Å². The average Bonchev–Trinajstić information content (AvgIpc) is 2.80. The third-order valence-electron chi connectivity index (χ3n) is 5.89. The molecule has 0 aliphatic carbocycles. The molecule has 0 unspecified atom stereocenters. The lowest BCUT2D eigenvalue weighted by Crippen LogP contribution is -2.48. The van der Waals surface area contributed by atoms with E-state index < -0.39 is 0 Å². The number of aryl methyl sites for hydroxylation is 1. The highest BCUT2D eigenvalue weighted by molar-refractivity contribution is 5.98. The van der Waals surface area contributed by atoms with Gasteiger partial charge in [-0.1, -0.05) is 30.3 Å². The molecule has 1 aromatic heterocycles. The van der Waals surface area contributed by atoms with E-state index in [1.54, 1.807) is 7.11 Å². The first-order chi connectivity index (χ1) is 15.1. The topological polar surface area (TPSA) is 57.7 Å². The van der Waals surface area contributed by atoms with Gasteiger partial charge in [-0.15, -0.1) is 0 Å². The van der Waals surface area contributed by atoms with Crippen LogP contribution in [-0.2, 0) is 6.54 Å². The van der Waals surface area contributed by atoms with Crippen molar-refractivity contribution in [2.45, 2.75) is 13.5 Å². The van der Waals surface area contributed by atoms with Crippen molar-refractivity contribution in [3.8, 4) is 5.75 Å². The summed E-state index contributed by atoms with van der Waals surface area (Å²) in [6, 6.07) is 18.2. The summed E-state index contributed by atoms with van der Waals surface area (Å²) in [7, 11) is 1.64. The zero-order valence-corrected chi connectivity index (χ0v) is 18.3. The molecule has 3 aromatic rings. The Morgan fingerprint density at radius 3 is 2.52 bits per heavy atom. The highest BCUT2D eigenvalue weighted by atomic mass is 16.5. The quantitative estimate of drug-likeness (QED) is 0.639. The number of fused-ring (bicyclic) bond motifs is 1. The number of rotatable bonds is 7. The molecule has 6 heteroatoms. The molecular weight excluding hydrogens is 388 g/mol. The third kappa shape index (κ3) is 5.40. The predicted molar refractivity (Wildman–Crippen MR) is 124 cm³/mol. The number of hydrogen-bond donors (Lipinski definition) is 1. The van der Waals surface area contributed by atoms with E-state index in [2.05, 4.69) is 50.4 Å². The standard InChI is InChI=1S/C25H30N4O2/c1-19-23(16-21-8-9-22(31-2)17-24(21)27-19)25(30)26-10-11-28-12-14-29(15-13-28)18-20-6-4-3-5-7-20/h3-9,16-17H,10-15,18H2,1-2H3,(H,26,30). The van der Waals surface area contributed by atoms with Crippen LogP contribution in [-0.4, -0.2) is 67.1 Å². The number of amides is 1. The Morgan fingerprint density at radius 2 is 1.77 bits per heavy atom. The van der Waals surface area contributed by atoms with E-state index in [1.165, 1.54) is 5.56 Å². The van der Waals surface area contributed by atoms with Gasteiger partial charge in [-0.05, 0) is 30.7 Å². The molecule has 1 saturated heterocycles. The van der Waals surface area contributed by atoms with Crippen LogP contribution in [0.5, 0.6) is 5.75 Å². The number of carbonyl (C=O) groups is 1. The highest BCUT2D eigenvalue weighted by Crippen LogP contribution is 2.21. The zero-order chi connectivity index (χ0) is 21.6. The zero-order valence-electron chi connectivity index (χ0n) is 18.3. The largest absolute Gasteiger partial charge is 0.497 e. The van der Waals surface area contributed by atoms with Crippen molar-refractivity contribution in [2.24, 2.45) is 0 Å². The van der Waals surface area contributed by atoms with Gasteiger partial charge in [0.2, 0.25) is 0 Å². The molecule has 2 heterocycles. The second kappa shape index (κ2) is 9.90. The maximum atomic E-state index is 12.7. The van der Waals surface area contributed by atoms with Gasteiger partial charge in [0, 0.05) is 57.3 Å². The summed E-state index contributed by atoms with van der Waals surface area (Å²) in [6.45, 7) is 8.55. The Kier molecular flexibility index (Phi) is 6.79. The van der Waals surface area contributed by atoms with Gasteiger partial charge >= 0.3 is 0 Å². The molecule has 162 valence electrons. The van der Waals surface area contributed by atoms with Crippen molar-refractivity contribution in [3.63, 3.8) is 0 Å². The van der Waals surface area contributed by atoms with Crippen LogP contribution in [0.4, 0.5) is 0 Å². The first-order valence-corrected chi connectivity index (χ1v) is 10.8. The van der Waals surface area contributed by atoms with E-state index in [0.29, 0.717) is 12.1 Å². The summed E-state index contributed by atoms with van der Waals surface area (Å²) in [5, 5.41) is 4.00. The Morgan fingerprint density at radius 1 is 1.03 bits per heavy atom. The number of piperazine rings is 1. The molecule has 1 aliphatic rings. The van der Waals surface area contributed by atoms with Crippen LogP contribution in [0.25, 0.3) is 10.9 Å². The lowest BCUT2D eigenvalue weighted by Gasteiger charge is -2.34. The minimum atomic E-state index is -0.0644. The monoisotopic (exact) mass is 418 g/mol. The minimum absolute atomic E-state index is 0.0644. The Balaban J connectivity index is 1.25. The van der Waals surface area contributed by atoms with Crippen molar-refractivity contribution >= 4 is 16.8 Å². The number of pyridine rings is 1. The molecule has 1 N–H and O–H groups in total. The van der Waals surface area contributed by atoms with Crippen molar-refractivity contribution in [3.05, 3.63) is 71.4 Å². The molecule has 1 fully saturated rings. The SMILES string of the molecule is COc1ccc2cc(C(=O)NCCN3CCN(Cc4ccccc4)CC3)c(C)nc2c1. The lowest BCUT2D eigenvalue weighted by atomic mass is 10.1. The van der Waals surface area contributed by atoms with Gasteiger partial charge < -0.3 is 10.1 Å². The molecule has 0 saturated carbocycles. The second-order valence-corrected chi connectivity index (χ2v) is 8.04. The van der Waals surface area contributed by atoms with Gasteiger partial charge in [-0.3, -0.25) is 19.6 Å². The molecule has 4 rings (SSSR count). The number of methoxy groups -OCH3 is 1. The van der Waals surface area contributed by atoms with Gasteiger partial charge in [-0.2, -0.15) is 0 Å². The van der Waals surface area contributed by atoms with Gasteiger partial charge in [0.1, 0.15) is 5.75 Å². The molecule has 0 spiro atoms. The second-order valence-electron chi connectivity index (χ2n) is 8.04. The smallest absolute Gasteiger partial charge is 0.253 e. The van der Waals surface area contributed by atoms with Crippen LogP contribution in [0.1, 0.15) is 21.6 Å². The summed E-state index contributed by atoms with van der Waals surface area (Å²) < 4.78 is 5.26. The Labute approximate surface area is 183 Å². The molecule has 0 bridgehead atoms. The van der Waals surface area contributed by atoms with Crippen molar-refractivity contribution in [2.75, 3.05) is 46.4 Å². The van der Waals surface area contributed by atoms with Crippen LogP contribution in [0.3, 0.4) is 0 Å².